The van der Waals surface area contributed by atoms with Gasteiger partial charge in [0.25, 0.3) is 10.1 Å². The molecule has 0 aromatic carbocycles. The number of hydrogen-bond donors (Lipinski definition) is 2. The molecule has 5 nitrogen and oxygen atoms in total. The summed E-state index contributed by atoms with van der Waals surface area (Å²) in [5, 5.41) is 1.41. The van der Waals surface area contributed by atoms with Gasteiger partial charge in [-0.2, -0.15) is 8.42 Å². The first-order valence-corrected chi connectivity index (χ1v) is 5.72. The summed E-state index contributed by atoms with van der Waals surface area (Å²) in [5.74, 6) is -0.459. The highest BCUT2D eigenvalue weighted by Gasteiger charge is 2.27. The molecule has 0 saturated heterocycles. The summed E-state index contributed by atoms with van der Waals surface area (Å²) in [4.78, 5) is 10.9. The summed E-state index contributed by atoms with van der Waals surface area (Å²) in [6.45, 7) is 6.37. The summed E-state index contributed by atoms with van der Waals surface area (Å²) < 4.78 is 30.5. The zero-order valence-corrected chi connectivity index (χ0v) is 9.04. The molecule has 14 heavy (non-hydrogen) atoms. The van der Waals surface area contributed by atoms with E-state index in [0.717, 1.165) is 6.08 Å². The highest BCUT2D eigenvalue weighted by molar-refractivity contribution is 7.86. The predicted molar refractivity (Wildman–Crippen MR) is 53.4 cm³/mol. The van der Waals surface area contributed by atoms with Crippen LogP contribution in [0.25, 0.3) is 0 Å². The molecule has 2 unspecified atom stereocenters. The number of nitrogens with one attached hydrogen (secondary N) is 1. The molecule has 0 saturated carbocycles. The lowest BCUT2D eigenvalue weighted by Gasteiger charge is -2.20. The number of hydrogen-bond acceptors (Lipinski definition) is 3. The van der Waals surface area contributed by atoms with Crippen molar-refractivity contribution in [2.75, 3.05) is 0 Å². The van der Waals surface area contributed by atoms with Gasteiger partial charge >= 0.3 is 0 Å². The largest absolute Gasteiger partial charge is 0.349 e. The van der Waals surface area contributed by atoms with E-state index in [-0.39, 0.29) is 6.42 Å². The van der Waals surface area contributed by atoms with Gasteiger partial charge in [0.05, 0.1) is 0 Å². The zero-order chi connectivity index (χ0) is 11.4. The van der Waals surface area contributed by atoms with Gasteiger partial charge in [-0.1, -0.05) is 13.5 Å². The van der Waals surface area contributed by atoms with Crippen LogP contribution in [0, 0.1) is 0 Å². The second-order valence-electron chi connectivity index (χ2n) is 2.96. The summed E-state index contributed by atoms with van der Waals surface area (Å²) in [6, 6.07) is -0.638. The molecule has 0 rings (SSSR count). The molecule has 1 amide bonds. The normalized spacial score (nSPS) is 15.6. The van der Waals surface area contributed by atoms with Crippen molar-refractivity contribution in [1.82, 2.24) is 5.32 Å². The van der Waals surface area contributed by atoms with E-state index in [1.54, 1.807) is 6.92 Å². The van der Waals surface area contributed by atoms with Gasteiger partial charge in [0, 0.05) is 6.04 Å². The maximum Gasteiger partial charge on any atom is 0.269 e. The smallest absolute Gasteiger partial charge is 0.269 e. The van der Waals surface area contributed by atoms with Crippen LogP contribution < -0.4 is 5.32 Å². The molecule has 0 heterocycles. The molecule has 0 bridgehead atoms. The van der Waals surface area contributed by atoms with E-state index in [0.29, 0.717) is 0 Å². The van der Waals surface area contributed by atoms with Crippen molar-refractivity contribution < 1.29 is 17.8 Å². The quantitative estimate of drug-likeness (QED) is 0.518. The van der Waals surface area contributed by atoms with Crippen molar-refractivity contribution in [3.8, 4) is 0 Å². The average Bonchev–Trinajstić information content (AvgIpc) is 2.02. The lowest BCUT2D eigenvalue weighted by atomic mass is 10.2. The Morgan fingerprint density at radius 3 is 2.43 bits per heavy atom. The van der Waals surface area contributed by atoms with Gasteiger partial charge in [-0.05, 0) is 19.4 Å². The SMILES string of the molecule is C=CC(=O)NC(C)C(CC)S(=O)(=O)O. The van der Waals surface area contributed by atoms with Crippen LogP contribution in [0.5, 0.6) is 0 Å². The van der Waals surface area contributed by atoms with E-state index in [4.69, 9.17) is 4.55 Å². The highest BCUT2D eigenvalue weighted by Crippen LogP contribution is 2.08. The van der Waals surface area contributed by atoms with Gasteiger partial charge in [-0.15, -0.1) is 0 Å². The Hall–Kier alpha value is -0.880. The molecule has 2 atom stereocenters. The maximum absolute atomic E-state index is 10.9. The molecule has 0 aliphatic rings. The maximum atomic E-state index is 10.9. The molecule has 0 aromatic heterocycles. The molecular formula is C8H15NO4S. The lowest BCUT2D eigenvalue weighted by Crippen LogP contribution is -2.43. The Bertz CT molecular complexity index is 309. The van der Waals surface area contributed by atoms with E-state index < -0.39 is 27.3 Å². The van der Waals surface area contributed by atoms with Crippen LogP contribution in [0.2, 0.25) is 0 Å². The molecule has 0 fully saturated rings. The third-order valence-electron chi connectivity index (χ3n) is 1.90. The van der Waals surface area contributed by atoms with Crippen LogP contribution in [0.4, 0.5) is 0 Å². The Labute approximate surface area is 83.9 Å². The van der Waals surface area contributed by atoms with E-state index in [2.05, 4.69) is 11.9 Å². The van der Waals surface area contributed by atoms with Gasteiger partial charge in [-0.3, -0.25) is 9.35 Å². The van der Waals surface area contributed by atoms with Crippen molar-refractivity contribution in [2.45, 2.75) is 31.6 Å². The van der Waals surface area contributed by atoms with Crippen LogP contribution in [-0.4, -0.2) is 30.2 Å². The summed E-state index contributed by atoms with van der Waals surface area (Å²) in [7, 11) is -4.12. The van der Waals surface area contributed by atoms with Crippen LogP contribution in [0.3, 0.4) is 0 Å². The predicted octanol–water partition coefficient (Wildman–Crippen LogP) is 0.344. The van der Waals surface area contributed by atoms with E-state index in [1.165, 1.54) is 6.92 Å². The highest BCUT2D eigenvalue weighted by atomic mass is 32.2. The minimum Gasteiger partial charge on any atom is -0.349 e. The van der Waals surface area contributed by atoms with Gasteiger partial charge < -0.3 is 5.32 Å². The average molecular weight is 221 g/mol. The van der Waals surface area contributed by atoms with Crippen LogP contribution in [0.1, 0.15) is 20.3 Å². The number of rotatable bonds is 5. The van der Waals surface area contributed by atoms with E-state index in [1.807, 2.05) is 0 Å². The fraction of sp³-hybridized carbons (Fsp3) is 0.625. The van der Waals surface area contributed by atoms with Crippen molar-refractivity contribution in [1.29, 1.82) is 0 Å². The molecular weight excluding hydrogens is 206 g/mol. The van der Waals surface area contributed by atoms with Crippen LogP contribution in [0.15, 0.2) is 12.7 Å². The second kappa shape index (κ2) is 5.11. The molecule has 0 aliphatic heterocycles. The first-order chi connectivity index (χ1) is 6.32. The topological polar surface area (TPSA) is 83.5 Å². The Morgan fingerprint density at radius 2 is 2.14 bits per heavy atom. The zero-order valence-electron chi connectivity index (χ0n) is 8.23. The molecule has 0 spiro atoms. The third-order valence-corrected chi connectivity index (χ3v) is 3.40. The molecule has 0 aromatic rings. The fourth-order valence-electron chi connectivity index (χ4n) is 1.20. The van der Waals surface area contributed by atoms with Gasteiger partial charge in [0.2, 0.25) is 5.91 Å². The minimum atomic E-state index is -4.12. The van der Waals surface area contributed by atoms with Gasteiger partial charge in [-0.25, -0.2) is 0 Å². The molecule has 0 aliphatic carbocycles. The Balaban J connectivity index is 4.56. The monoisotopic (exact) mass is 221 g/mol. The summed E-state index contributed by atoms with van der Waals surface area (Å²) in [6.07, 6.45) is 1.28. The van der Waals surface area contributed by atoms with Crippen molar-refractivity contribution >= 4 is 16.0 Å². The Kier molecular flexibility index (Phi) is 4.79. The van der Waals surface area contributed by atoms with Crippen molar-refractivity contribution in [3.63, 3.8) is 0 Å². The standard InChI is InChI=1S/C8H15NO4S/c1-4-7(14(11,12)13)6(3)9-8(10)5-2/h5-7H,2,4H2,1,3H3,(H,9,10)(H,11,12,13). The van der Waals surface area contributed by atoms with Crippen LogP contribution >= 0.6 is 0 Å². The molecule has 2 N–H and O–H groups in total. The molecule has 82 valence electrons. The van der Waals surface area contributed by atoms with Crippen LogP contribution in [-0.2, 0) is 14.9 Å². The third kappa shape index (κ3) is 3.89. The first kappa shape index (κ1) is 13.1. The number of amides is 1. The van der Waals surface area contributed by atoms with Crippen molar-refractivity contribution in [2.24, 2.45) is 0 Å². The minimum absolute atomic E-state index is 0.234. The van der Waals surface area contributed by atoms with E-state index in [9.17, 15) is 13.2 Å². The number of carbonyl (C=O) groups is 1. The summed E-state index contributed by atoms with van der Waals surface area (Å²) in [5.41, 5.74) is 0. The molecule has 6 heteroatoms. The lowest BCUT2D eigenvalue weighted by molar-refractivity contribution is -0.117. The van der Waals surface area contributed by atoms with Gasteiger partial charge in [0.15, 0.2) is 0 Å². The number of carbonyl (C=O) groups excluding carboxylic acids is 1. The molecule has 0 radical (unpaired) electrons. The Morgan fingerprint density at radius 1 is 1.64 bits per heavy atom. The second-order valence-corrected chi connectivity index (χ2v) is 4.60. The summed E-state index contributed by atoms with van der Waals surface area (Å²) >= 11 is 0. The van der Waals surface area contributed by atoms with E-state index >= 15 is 0 Å². The van der Waals surface area contributed by atoms with Crippen molar-refractivity contribution in [3.05, 3.63) is 12.7 Å². The first-order valence-electron chi connectivity index (χ1n) is 4.22. The fourth-order valence-corrected chi connectivity index (χ4v) is 2.20. The van der Waals surface area contributed by atoms with Gasteiger partial charge in [0.1, 0.15) is 5.25 Å².